The molecule has 0 heterocycles. The molecule has 1 unspecified atom stereocenters. The molecular formula is C20H22O5S. The Kier molecular flexibility index (Phi) is 6.32. The van der Waals surface area contributed by atoms with Crippen LogP contribution in [0, 0.1) is 0 Å². The van der Waals surface area contributed by atoms with Crippen molar-refractivity contribution in [2.75, 3.05) is 6.26 Å². The minimum Gasteiger partial charge on any atom is -0.451 e. The van der Waals surface area contributed by atoms with Crippen LogP contribution in [0.15, 0.2) is 48.5 Å². The first-order chi connectivity index (χ1) is 12.2. The van der Waals surface area contributed by atoms with Gasteiger partial charge in [0.1, 0.15) is 0 Å². The highest BCUT2D eigenvalue weighted by molar-refractivity contribution is 7.89. The summed E-state index contributed by atoms with van der Waals surface area (Å²) >= 11 is 0. The number of sulfone groups is 1. The lowest BCUT2D eigenvalue weighted by molar-refractivity contribution is 0.0319. The Morgan fingerprint density at radius 3 is 1.92 bits per heavy atom. The van der Waals surface area contributed by atoms with E-state index in [0.717, 1.165) is 18.2 Å². The summed E-state index contributed by atoms with van der Waals surface area (Å²) in [7, 11) is -3.14. The van der Waals surface area contributed by atoms with Gasteiger partial charge >= 0.3 is 5.97 Å². The van der Waals surface area contributed by atoms with Crippen molar-refractivity contribution in [2.45, 2.75) is 32.1 Å². The normalized spacial score (nSPS) is 12.4. The largest absolute Gasteiger partial charge is 0.451 e. The van der Waals surface area contributed by atoms with E-state index < -0.39 is 21.9 Å². The Bertz CT molecular complexity index is 881. The molecule has 0 aromatic heterocycles. The van der Waals surface area contributed by atoms with Crippen LogP contribution in [0.4, 0.5) is 0 Å². The lowest BCUT2D eigenvalue weighted by atomic mass is 10.0. The Morgan fingerprint density at radius 1 is 0.923 bits per heavy atom. The zero-order valence-corrected chi connectivity index (χ0v) is 15.9. The van der Waals surface area contributed by atoms with Crippen LogP contribution in [0.2, 0.25) is 0 Å². The van der Waals surface area contributed by atoms with Gasteiger partial charge in [-0.25, -0.2) is 13.2 Å². The number of aryl methyl sites for hydroxylation is 1. The van der Waals surface area contributed by atoms with Gasteiger partial charge in [-0.2, -0.15) is 0 Å². The third-order valence-corrected chi connectivity index (χ3v) is 4.78. The molecule has 0 saturated heterocycles. The minimum absolute atomic E-state index is 0.0923. The Balaban J connectivity index is 2.02. The third kappa shape index (κ3) is 5.52. The van der Waals surface area contributed by atoms with Crippen molar-refractivity contribution in [3.05, 3.63) is 70.8 Å². The summed E-state index contributed by atoms with van der Waals surface area (Å²) in [5.74, 6) is -0.984. The maximum Gasteiger partial charge on any atom is 0.338 e. The molecular weight excluding hydrogens is 352 g/mol. The van der Waals surface area contributed by atoms with Crippen LogP contribution < -0.4 is 0 Å². The third-order valence-electron chi connectivity index (χ3n) is 3.92. The topological polar surface area (TPSA) is 77.5 Å². The minimum atomic E-state index is -3.14. The van der Waals surface area contributed by atoms with Gasteiger partial charge in [-0.05, 0) is 36.6 Å². The molecule has 2 aromatic rings. The van der Waals surface area contributed by atoms with Crippen LogP contribution in [-0.2, 0) is 26.7 Å². The van der Waals surface area contributed by atoms with Crippen molar-refractivity contribution in [2.24, 2.45) is 0 Å². The molecule has 0 radical (unpaired) electrons. The molecule has 6 heteroatoms. The van der Waals surface area contributed by atoms with Gasteiger partial charge in [-0.3, -0.25) is 4.79 Å². The van der Waals surface area contributed by atoms with Crippen LogP contribution in [-0.4, -0.2) is 32.5 Å². The highest BCUT2D eigenvalue weighted by Gasteiger charge is 2.20. The summed E-state index contributed by atoms with van der Waals surface area (Å²) < 4.78 is 27.8. The maximum atomic E-state index is 12.4. The summed E-state index contributed by atoms with van der Waals surface area (Å²) in [5.41, 5.74) is 2.47. The molecule has 0 amide bonds. The molecule has 0 aliphatic carbocycles. The van der Waals surface area contributed by atoms with Gasteiger partial charge in [-0.15, -0.1) is 0 Å². The number of Topliss-reactive ketones (excluding diaryl/α,β-unsaturated/α-hetero) is 1. The molecule has 1 atom stereocenters. The fourth-order valence-electron chi connectivity index (χ4n) is 2.46. The summed E-state index contributed by atoms with van der Waals surface area (Å²) in [4.78, 5) is 24.6. The monoisotopic (exact) mass is 374 g/mol. The number of ether oxygens (including phenoxy) is 1. The number of ketones is 1. The van der Waals surface area contributed by atoms with Crippen LogP contribution in [0.3, 0.4) is 0 Å². The fraction of sp³-hybridized carbons (Fsp3) is 0.300. The Labute approximate surface area is 153 Å². The lowest BCUT2D eigenvalue weighted by Crippen LogP contribution is -2.24. The second kappa shape index (κ2) is 8.27. The average Bonchev–Trinajstić information content (AvgIpc) is 2.60. The average molecular weight is 374 g/mol. The fourth-order valence-corrected chi connectivity index (χ4v) is 3.26. The summed E-state index contributed by atoms with van der Waals surface area (Å²) in [6, 6.07) is 13.3. The molecule has 0 spiro atoms. The van der Waals surface area contributed by atoms with Gasteiger partial charge in [0, 0.05) is 11.8 Å². The Hall–Kier alpha value is -2.47. The molecule has 2 aromatic carbocycles. The van der Waals surface area contributed by atoms with E-state index in [-0.39, 0.29) is 17.1 Å². The predicted octanol–water partition coefficient (Wildman–Crippen LogP) is 3.22. The van der Waals surface area contributed by atoms with Crippen molar-refractivity contribution in [1.29, 1.82) is 0 Å². The molecule has 26 heavy (non-hydrogen) atoms. The van der Waals surface area contributed by atoms with E-state index in [1.165, 1.54) is 19.1 Å². The van der Waals surface area contributed by atoms with E-state index in [1.807, 2.05) is 19.1 Å². The van der Waals surface area contributed by atoms with E-state index in [0.29, 0.717) is 11.1 Å². The van der Waals surface area contributed by atoms with Crippen LogP contribution in [0.5, 0.6) is 0 Å². The zero-order valence-electron chi connectivity index (χ0n) is 15.1. The molecule has 5 nitrogen and oxygen atoms in total. The van der Waals surface area contributed by atoms with Crippen molar-refractivity contribution in [3.8, 4) is 0 Å². The number of esters is 1. The lowest BCUT2D eigenvalue weighted by Gasteiger charge is -2.13. The van der Waals surface area contributed by atoms with Crippen LogP contribution in [0.1, 0.15) is 45.7 Å². The van der Waals surface area contributed by atoms with Gasteiger partial charge in [0.05, 0.1) is 11.3 Å². The van der Waals surface area contributed by atoms with Crippen LogP contribution in [0.25, 0.3) is 0 Å². The number of hydrogen-bond acceptors (Lipinski definition) is 5. The summed E-state index contributed by atoms with van der Waals surface area (Å²) in [6.07, 6.45) is 1.12. The second-order valence-corrected chi connectivity index (χ2v) is 8.37. The Morgan fingerprint density at radius 2 is 1.42 bits per heavy atom. The molecule has 0 saturated carbocycles. The van der Waals surface area contributed by atoms with Gasteiger partial charge in [0.25, 0.3) is 0 Å². The molecule has 0 N–H and O–H groups in total. The van der Waals surface area contributed by atoms with Crippen molar-refractivity contribution >= 4 is 21.6 Å². The first-order valence-electron chi connectivity index (χ1n) is 8.30. The number of carbonyl (C=O) groups is 2. The molecule has 0 aliphatic rings. The molecule has 2 rings (SSSR count). The van der Waals surface area contributed by atoms with Gasteiger partial charge in [-0.1, -0.05) is 43.3 Å². The highest BCUT2D eigenvalue weighted by atomic mass is 32.2. The van der Waals surface area contributed by atoms with Crippen molar-refractivity contribution in [1.82, 2.24) is 0 Å². The molecule has 0 bridgehead atoms. The zero-order chi connectivity index (χ0) is 19.3. The number of hydrogen-bond donors (Lipinski definition) is 0. The first kappa shape index (κ1) is 19.8. The van der Waals surface area contributed by atoms with Gasteiger partial charge < -0.3 is 4.74 Å². The highest BCUT2D eigenvalue weighted by Crippen LogP contribution is 2.13. The van der Waals surface area contributed by atoms with Gasteiger partial charge in [0.15, 0.2) is 15.9 Å². The van der Waals surface area contributed by atoms with Crippen molar-refractivity contribution in [3.63, 3.8) is 0 Å². The van der Waals surface area contributed by atoms with Gasteiger partial charge in [0.2, 0.25) is 5.78 Å². The number of carbonyl (C=O) groups excluding carboxylic acids is 2. The summed E-state index contributed by atoms with van der Waals surface area (Å²) in [6.45, 7) is 3.56. The van der Waals surface area contributed by atoms with E-state index in [2.05, 4.69) is 0 Å². The van der Waals surface area contributed by atoms with E-state index in [4.69, 9.17) is 4.74 Å². The maximum absolute atomic E-state index is 12.4. The predicted molar refractivity (Wildman–Crippen MR) is 100 cm³/mol. The van der Waals surface area contributed by atoms with Crippen LogP contribution >= 0.6 is 0 Å². The molecule has 0 fully saturated rings. The standard InChI is InChI=1S/C20H22O5S/c1-4-15-5-9-17(10-6-15)19(21)14(2)25-20(22)18-11-7-16(8-12-18)13-26(3,23)24/h5-12,14H,4,13H2,1-3H3. The van der Waals surface area contributed by atoms with Crippen molar-refractivity contribution < 1.29 is 22.7 Å². The number of benzene rings is 2. The second-order valence-electron chi connectivity index (χ2n) is 6.23. The first-order valence-corrected chi connectivity index (χ1v) is 10.4. The van der Waals surface area contributed by atoms with E-state index in [1.54, 1.807) is 24.3 Å². The van der Waals surface area contributed by atoms with E-state index >= 15 is 0 Å². The molecule has 0 aliphatic heterocycles. The molecule has 138 valence electrons. The SMILES string of the molecule is CCc1ccc(C(=O)C(C)OC(=O)c2ccc(CS(C)(=O)=O)cc2)cc1. The smallest absolute Gasteiger partial charge is 0.338 e. The summed E-state index contributed by atoms with van der Waals surface area (Å²) in [5, 5.41) is 0. The van der Waals surface area contributed by atoms with E-state index in [9.17, 15) is 18.0 Å². The number of rotatable bonds is 7. The quantitative estimate of drug-likeness (QED) is 0.549.